The Hall–Kier alpha value is -0.930. The molecule has 0 bridgehead atoms. The second-order valence-corrected chi connectivity index (χ2v) is 7.05. The molecule has 1 aromatic rings. The van der Waals surface area contributed by atoms with Gasteiger partial charge >= 0.3 is 0 Å². The minimum atomic E-state index is -0.197. The molecule has 1 saturated carbocycles. The number of nitrogens with zero attached hydrogens (tertiary/aromatic N) is 2. The molecule has 20 heavy (non-hydrogen) atoms. The fraction of sp³-hybridized carbons (Fsp3) is 0.571. The minimum Gasteiger partial charge on any atom is -0.381 e. The van der Waals surface area contributed by atoms with E-state index >= 15 is 0 Å². The van der Waals surface area contributed by atoms with Gasteiger partial charge in [-0.05, 0) is 35.0 Å². The Morgan fingerprint density at radius 2 is 2.30 bits per heavy atom. The molecule has 108 valence electrons. The van der Waals surface area contributed by atoms with Crippen molar-refractivity contribution in [1.29, 1.82) is 0 Å². The Bertz CT molecular complexity index is 573. The number of anilines is 1. The van der Waals surface area contributed by atoms with Gasteiger partial charge in [0.1, 0.15) is 11.0 Å². The molecule has 1 aliphatic rings. The first-order chi connectivity index (χ1) is 9.62. The first-order valence-corrected chi connectivity index (χ1v) is 8.62. The van der Waals surface area contributed by atoms with E-state index in [1.165, 1.54) is 30.4 Å². The normalized spacial score (nSPS) is 16.9. The third-order valence-corrected chi connectivity index (χ3v) is 5.96. The standard InChI is InChI=1S/C14H18BrN3OS/c1-3-8-18-13(19)12(15)11(9-17-18)16-10-14(20-2)6-4-5-7-14/h1,9,16H,4-8,10H2,2H3. The molecule has 4 nitrogen and oxygen atoms in total. The van der Waals surface area contributed by atoms with Crippen molar-refractivity contribution in [1.82, 2.24) is 9.78 Å². The number of nitrogens with one attached hydrogen (secondary N) is 1. The van der Waals surface area contributed by atoms with E-state index in [0.717, 1.165) is 12.2 Å². The van der Waals surface area contributed by atoms with Crippen molar-refractivity contribution in [2.75, 3.05) is 18.1 Å². The maximum absolute atomic E-state index is 12.0. The van der Waals surface area contributed by atoms with Crippen LogP contribution in [0.2, 0.25) is 0 Å². The summed E-state index contributed by atoms with van der Waals surface area (Å²) >= 11 is 5.25. The van der Waals surface area contributed by atoms with Gasteiger partial charge in [0.25, 0.3) is 5.56 Å². The lowest BCUT2D eigenvalue weighted by Crippen LogP contribution is -2.31. The molecule has 0 aliphatic heterocycles. The monoisotopic (exact) mass is 355 g/mol. The van der Waals surface area contributed by atoms with Crippen LogP contribution in [-0.4, -0.2) is 27.3 Å². The zero-order chi connectivity index (χ0) is 14.6. The molecule has 1 N–H and O–H groups in total. The van der Waals surface area contributed by atoms with Crippen molar-refractivity contribution in [3.8, 4) is 12.3 Å². The SMILES string of the molecule is C#CCn1ncc(NCC2(SC)CCCC2)c(Br)c1=O. The van der Waals surface area contributed by atoms with Crippen LogP contribution in [0.3, 0.4) is 0 Å². The summed E-state index contributed by atoms with van der Waals surface area (Å²) in [5, 5.41) is 7.45. The molecule has 0 radical (unpaired) electrons. The molecule has 0 spiro atoms. The minimum absolute atomic E-state index is 0.187. The number of hydrogen-bond acceptors (Lipinski definition) is 4. The maximum atomic E-state index is 12.0. The number of halogens is 1. The second kappa shape index (κ2) is 6.68. The van der Waals surface area contributed by atoms with E-state index in [-0.39, 0.29) is 16.9 Å². The molecule has 0 atom stereocenters. The molecule has 0 saturated heterocycles. The summed E-state index contributed by atoms with van der Waals surface area (Å²) in [5.74, 6) is 2.42. The Morgan fingerprint density at radius 1 is 1.60 bits per heavy atom. The van der Waals surface area contributed by atoms with Crippen molar-refractivity contribution < 1.29 is 0 Å². The van der Waals surface area contributed by atoms with Gasteiger partial charge in [-0.1, -0.05) is 18.8 Å². The van der Waals surface area contributed by atoms with Crippen LogP contribution >= 0.6 is 27.7 Å². The van der Waals surface area contributed by atoms with Crippen LogP contribution in [0.4, 0.5) is 5.69 Å². The summed E-state index contributed by atoms with van der Waals surface area (Å²) < 4.78 is 2.06. The van der Waals surface area contributed by atoms with E-state index in [4.69, 9.17) is 6.42 Å². The number of terminal acetylenes is 1. The van der Waals surface area contributed by atoms with Gasteiger partial charge in [-0.2, -0.15) is 16.9 Å². The molecule has 0 amide bonds. The Labute approximate surface area is 131 Å². The van der Waals surface area contributed by atoms with E-state index in [2.05, 4.69) is 38.5 Å². The van der Waals surface area contributed by atoms with Crippen molar-refractivity contribution >= 4 is 33.4 Å². The second-order valence-electron chi connectivity index (χ2n) is 4.99. The molecule has 6 heteroatoms. The summed E-state index contributed by atoms with van der Waals surface area (Å²) in [6, 6.07) is 0. The highest BCUT2D eigenvalue weighted by Crippen LogP contribution is 2.40. The molecule has 1 aromatic heterocycles. The van der Waals surface area contributed by atoms with E-state index < -0.39 is 0 Å². The summed E-state index contributed by atoms with van der Waals surface area (Å²) in [5.41, 5.74) is 0.543. The zero-order valence-electron chi connectivity index (χ0n) is 11.5. The summed E-state index contributed by atoms with van der Waals surface area (Å²) in [7, 11) is 0. The maximum Gasteiger partial charge on any atom is 0.284 e. The fourth-order valence-corrected chi connectivity index (χ4v) is 3.88. The van der Waals surface area contributed by atoms with Gasteiger partial charge in [-0.15, -0.1) is 6.42 Å². The molecule has 1 heterocycles. The highest BCUT2D eigenvalue weighted by Gasteiger charge is 2.32. The van der Waals surface area contributed by atoms with Crippen LogP contribution in [0.15, 0.2) is 15.5 Å². The Morgan fingerprint density at radius 3 is 2.90 bits per heavy atom. The van der Waals surface area contributed by atoms with Crippen LogP contribution in [-0.2, 0) is 6.54 Å². The molecule has 1 fully saturated rings. The van der Waals surface area contributed by atoms with Crippen LogP contribution in [0.25, 0.3) is 0 Å². The topological polar surface area (TPSA) is 46.9 Å². The van der Waals surface area contributed by atoms with Gasteiger partial charge in [0.2, 0.25) is 0 Å². The van der Waals surface area contributed by atoms with Crippen molar-refractivity contribution in [2.45, 2.75) is 37.0 Å². The molecule has 0 unspecified atom stereocenters. The summed E-state index contributed by atoms with van der Waals surface area (Å²) in [4.78, 5) is 12.0. The molecule has 0 aromatic carbocycles. The lowest BCUT2D eigenvalue weighted by molar-refractivity contribution is 0.634. The summed E-state index contributed by atoms with van der Waals surface area (Å²) in [6.07, 6.45) is 14.0. The third-order valence-electron chi connectivity index (χ3n) is 3.77. The number of aromatic nitrogens is 2. The van der Waals surface area contributed by atoms with E-state index in [1.54, 1.807) is 6.20 Å². The van der Waals surface area contributed by atoms with Gasteiger partial charge in [0, 0.05) is 11.3 Å². The van der Waals surface area contributed by atoms with E-state index in [1.807, 2.05) is 11.8 Å². The highest BCUT2D eigenvalue weighted by molar-refractivity contribution is 9.10. The average Bonchev–Trinajstić information content (AvgIpc) is 2.93. The van der Waals surface area contributed by atoms with Gasteiger partial charge in [-0.3, -0.25) is 4.79 Å². The highest BCUT2D eigenvalue weighted by atomic mass is 79.9. The Kier molecular flexibility index (Phi) is 5.17. The molecule has 2 rings (SSSR count). The molecule has 1 aliphatic carbocycles. The first-order valence-electron chi connectivity index (χ1n) is 6.60. The zero-order valence-corrected chi connectivity index (χ0v) is 13.9. The first kappa shape index (κ1) is 15.5. The van der Waals surface area contributed by atoms with Crippen molar-refractivity contribution in [3.63, 3.8) is 0 Å². The quantitative estimate of drug-likeness (QED) is 0.825. The number of rotatable bonds is 5. The predicted octanol–water partition coefficient (Wildman–Crippen LogP) is 2.73. The van der Waals surface area contributed by atoms with E-state index in [9.17, 15) is 4.79 Å². The van der Waals surface area contributed by atoms with Gasteiger partial charge in [0.15, 0.2) is 0 Å². The number of thioether (sulfide) groups is 1. The van der Waals surface area contributed by atoms with E-state index in [0.29, 0.717) is 4.47 Å². The summed E-state index contributed by atoms with van der Waals surface area (Å²) in [6.45, 7) is 1.04. The smallest absolute Gasteiger partial charge is 0.284 e. The fourth-order valence-electron chi connectivity index (χ4n) is 2.52. The predicted molar refractivity (Wildman–Crippen MR) is 88.2 cm³/mol. The third kappa shape index (κ3) is 3.21. The lowest BCUT2D eigenvalue weighted by atomic mass is 10.1. The number of hydrogen-bond donors (Lipinski definition) is 1. The largest absolute Gasteiger partial charge is 0.381 e. The Balaban J connectivity index is 2.13. The molecular formula is C14H18BrN3OS. The van der Waals surface area contributed by atoms with Gasteiger partial charge in [0.05, 0.1) is 11.9 Å². The molecular weight excluding hydrogens is 338 g/mol. The van der Waals surface area contributed by atoms with Crippen LogP contribution in [0.5, 0.6) is 0 Å². The lowest BCUT2D eigenvalue weighted by Gasteiger charge is -2.27. The van der Waals surface area contributed by atoms with Gasteiger partial charge < -0.3 is 5.32 Å². The van der Waals surface area contributed by atoms with Gasteiger partial charge in [-0.25, -0.2) is 4.68 Å². The van der Waals surface area contributed by atoms with Crippen LogP contribution < -0.4 is 10.9 Å². The van der Waals surface area contributed by atoms with Crippen molar-refractivity contribution in [3.05, 3.63) is 21.0 Å². The van der Waals surface area contributed by atoms with Crippen LogP contribution in [0, 0.1) is 12.3 Å². The van der Waals surface area contributed by atoms with Crippen molar-refractivity contribution in [2.24, 2.45) is 0 Å². The average molecular weight is 356 g/mol. The van der Waals surface area contributed by atoms with Crippen LogP contribution in [0.1, 0.15) is 25.7 Å².